The van der Waals surface area contributed by atoms with Crippen LogP contribution in [0.4, 0.5) is 0 Å². The van der Waals surface area contributed by atoms with E-state index < -0.39 is 0 Å². The molecule has 0 spiro atoms. The molecule has 0 saturated carbocycles. The minimum absolute atomic E-state index is 0.692. The minimum Gasteiger partial charge on any atom is -0.493 e. The van der Waals surface area contributed by atoms with Crippen molar-refractivity contribution in [2.24, 2.45) is 5.92 Å². The van der Waals surface area contributed by atoms with Crippen LogP contribution in [-0.4, -0.2) is 41.0 Å². The molecule has 0 radical (unpaired) electrons. The second-order valence-electron chi connectivity index (χ2n) is 5.11. The zero-order chi connectivity index (χ0) is 12.4. The summed E-state index contributed by atoms with van der Waals surface area (Å²) in [6.07, 6.45) is 8.21. The van der Waals surface area contributed by atoms with E-state index in [0.717, 1.165) is 18.0 Å². The van der Waals surface area contributed by atoms with Gasteiger partial charge in [-0.15, -0.1) is 0 Å². The largest absolute Gasteiger partial charge is 0.493 e. The van der Waals surface area contributed by atoms with Gasteiger partial charge in [0, 0.05) is 24.7 Å². The first-order valence-corrected chi connectivity index (χ1v) is 6.55. The Labute approximate surface area is 107 Å². The molecule has 0 atom stereocenters. The van der Waals surface area contributed by atoms with Crippen LogP contribution < -0.4 is 4.74 Å². The van der Waals surface area contributed by atoms with Gasteiger partial charge >= 0.3 is 0 Å². The number of imidazole rings is 1. The fourth-order valence-corrected chi connectivity index (χ4v) is 2.42. The van der Waals surface area contributed by atoms with Gasteiger partial charge in [0.05, 0.1) is 6.61 Å². The second kappa shape index (κ2) is 4.98. The van der Waals surface area contributed by atoms with E-state index in [9.17, 15) is 0 Å². The fraction of sp³-hybridized carbons (Fsp3) is 0.500. The van der Waals surface area contributed by atoms with E-state index in [1.54, 1.807) is 6.20 Å². The van der Waals surface area contributed by atoms with Crippen molar-refractivity contribution >= 4 is 5.65 Å². The standard InChI is InChI=1S/C14H19N3O/c1-16-6-2-12(3-7-16)11-18-13-4-8-17-9-5-15-14(17)10-13/h4-5,8-10,12H,2-3,6-7,11H2,1H3. The van der Waals surface area contributed by atoms with E-state index in [2.05, 4.69) is 16.9 Å². The van der Waals surface area contributed by atoms with Crippen LogP contribution >= 0.6 is 0 Å². The Balaban J connectivity index is 1.59. The first-order chi connectivity index (χ1) is 8.81. The van der Waals surface area contributed by atoms with Crippen molar-refractivity contribution in [1.82, 2.24) is 14.3 Å². The Morgan fingerprint density at radius 3 is 3.00 bits per heavy atom. The van der Waals surface area contributed by atoms with Gasteiger partial charge in [-0.2, -0.15) is 0 Å². The highest BCUT2D eigenvalue weighted by atomic mass is 16.5. The van der Waals surface area contributed by atoms with Gasteiger partial charge in [0.25, 0.3) is 0 Å². The van der Waals surface area contributed by atoms with Gasteiger partial charge in [-0.3, -0.25) is 0 Å². The number of likely N-dealkylation sites (tertiary alicyclic amines) is 1. The van der Waals surface area contributed by atoms with E-state index in [1.807, 2.05) is 28.9 Å². The van der Waals surface area contributed by atoms with Gasteiger partial charge in [-0.1, -0.05) is 0 Å². The van der Waals surface area contributed by atoms with Gasteiger partial charge in [0.2, 0.25) is 0 Å². The fourth-order valence-electron chi connectivity index (χ4n) is 2.42. The number of hydrogen-bond donors (Lipinski definition) is 0. The van der Waals surface area contributed by atoms with Crippen LogP contribution in [0.3, 0.4) is 0 Å². The summed E-state index contributed by atoms with van der Waals surface area (Å²) < 4.78 is 7.87. The molecule has 0 aliphatic carbocycles. The predicted molar refractivity (Wildman–Crippen MR) is 70.9 cm³/mol. The summed E-state index contributed by atoms with van der Waals surface area (Å²) in [5.41, 5.74) is 0.941. The lowest BCUT2D eigenvalue weighted by Gasteiger charge is -2.28. The van der Waals surface area contributed by atoms with Crippen molar-refractivity contribution < 1.29 is 4.74 Å². The molecule has 96 valence electrons. The topological polar surface area (TPSA) is 29.8 Å². The Morgan fingerprint density at radius 2 is 2.17 bits per heavy atom. The third-order valence-electron chi connectivity index (χ3n) is 3.69. The third kappa shape index (κ3) is 2.48. The SMILES string of the molecule is CN1CCC(COc2ccn3ccnc3c2)CC1. The molecule has 2 aromatic heterocycles. The van der Waals surface area contributed by atoms with Crippen LogP contribution in [-0.2, 0) is 0 Å². The maximum atomic E-state index is 5.89. The van der Waals surface area contributed by atoms with Crippen LogP contribution in [0, 0.1) is 5.92 Å². The van der Waals surface area contributed by atoms with Crippen LogP contribution in [0.25, 0.3) is 5.65 Å². The Morgan fingerprint density at radius 1 is 1.33 bits per heavy atom. The smallest absolute Gasteiger partial charge is 0.140 e. The molecule has 3 heterocycles. The number of fused-ring (bicyclic) bond motifs is 1. The number of piperidine rings is 1. The maximum absolute atomic E-state index is 5.89. The molecule has 1 saturated heterocycles. The molecule has 18 heavy (non-hydrogen) atoms. The third-order valence-corrected chi connectivity index (χ3v) is 3.69. The highest BCUT2D eigenvalue weighted by molar-refractivity contribution is 5.43. The molecule has 0 N–H and O–H groups in total. The van der Waals surface area contributed by atoms with Crippen LogP contribution in [0.2, 0.25) is 0 Å². The van der Waals surface area contributed by atoms with Gasteiger partial charge in [0.1, 0.15) is 11.4 Å². The van der Waals surface area contributed by atoms with Crippen LogP contribution in [0.5, 0.6) is 5.75 Å². The van der Waals surface area contributed by atoms with E-state index in [1.165, 1.54) is 25.9 Å². The van der Waals surface area contributed by atoms with Crippen molar-refractivity contribution in [3.05, 3.63) is 30.7 Å². The van der Waals surface area contributed by atoms with Gasteiger partial charge < -0.3 is 14.0 Å². The number of pyridine rings is 1. The summed E-state index contributed by atoms with van der Waals surface area (Å²) in [5.74, 6) is 1.62. The summed E-state index contributed by atoms with van der Waals surface area (Å²) in [6.45, 7) is 3.20. The number of aromatic nitrogens is 2. The predicted octanol–water partition coefficient (Wildman–Crippen LogP) is 2.05. The molecule has 0 bridgehead atoms. The molecular formula is C14H19N3O. The monoisotopic (exact) mass is 245 g/mol. The van der Waals surface area contributed by atoms with Crippen molar-refractivity contribution in [1.29, 1.82) is 0 Å². The van der Waals surface area contributed by atoms with E-state index >= 15 is 0 Å². The number of hydrogen-bond acceptors (Lipinski definition) is 3. The lowest BCUT2D eigenvalue weighted by molar-refractivity contribution is 0.160. The molecule has 2 aromatic rings. The number of ether oxygens (including phenoxy) is 1. The molecule has 0 aromatic carbocycles. The molecule has 1 aliphatic rings. The summed E-state index contributed by atoms with van der Waals surface area (Å²) in [4.78, 5) is 6.64. The lowest BCUT2D eigenvalue weighted by atomic mass is 9.98. The highest BCUT2D eigenvalue weighted by Crippen LogP contribution is 2.19. The summed E-state index contributed by atoms with van der Waals surface area (Å²) in [5, 5.41) is 0. The zero-order valence-electron chi connectivity index (χ0n) is 10.7. The second-order valence-corrected chi connectivity index (χ2v) is 5.11. The number of nitrogens with zero attached hydrogens (tertiary/aromatic N) is 3. The molecule has 1 aliphatic heterocycles. The van der Waals surface area contributed by atoms with Gasteiger partial charge in [-0.25, -0.2) is 4.98 Å². The molecule has 0 unspecified atom stereocenters. The van der Waals surface area contributed by atoms with Crippen molar-refractivity contribution in [3.63, 3.8) is 0 Å². The first-order valence-electron chi connectivity index (χ1n) is 6.55. The quantitative estimate of drug-likeness (QED) is 0.829. The molecular weight excluding hydrogens is 226 g/mol. The average molecular weight is 245 g/mol. The lowest BCUT2D eigenvalue weighted by Crippen LogP contribution is -2.32. The van der Waals surface area contributed by atoms with Crippen molar-refractivity contribution in [3.8, 4) is 5.75 Å². The minimum atomic E-state index is 0.692. The molecule has 3 rings (SSSR count). The van der Waals surface area contributed by atoms with Crippen molar-refractivity contribution in [2.45, 2.75) is 12.8 Å². The molecule has 0 amide bonds. The summed E-state index contributed by atoms with van der Waals surface area (Å²) in [7, 11) is 2.18. The van der Waals surface area contributed by atoms with Crippen molar-refractivity contribution in [2.75, 3.05) is 26.7 Å². The Kier molecular flexibility index (Phi) is 3.19. The first kappa shape index (κ1) is 11.5. The zero-order valence-corrected chi connectivity index (χ0v) is 10.7. The summed E-state index contributed by atoms with van der Waals surface area (Å²) in [6, 6.07) is 4.00. The number of rotatable bonds is 3. The highest BCUT2D eigenvalue weighted by Gasteiger charge is 2.17. The average Bonchev–Trinajstić information content (AvgIpc) is 2.85. The molecule has 4 heteroatoms. The van der Waals surface area contributed by atoms with E-state index in [0.29, 0.717) is 5.92 Å². The molecule has 1 fully saturated rings. The van der Waals surface area contributed by atoms with Crippen LogP contribution in [0.15, 0.2) is 30.7 Å². The van der Waals surface area contributed by atoms with Crippen LogP contribution in [0.1, 0.15) is 12.8 Å². The summed E-state index contributed by atoms with van der Waals surface area (Å²) >= 11 is 0. The van der Waals surface area contributed by atoms with E-state index in [4.69, 9.17) is 4.74 Å². The maximum Gasteiger partial charge on any atom is 0.140 e. The Bertz CT molecular complexity index is 514. The van der Waals surface area contributed by atoms with Gasteiger partial charge in [0.15, 0.2) is 0 Å². The Hall–Kier alpha value is -1.55. The molecule has 4 nitrogen and oxygen atoms in total. The van der Waals surface area contributed by atoms with E-state index in [-0.39, 0.29) is 0 Å². The normalized spacial score (nSPS) is 18.3. The van der Waals surface area contributed by atoms with Gasteiger partial charge in [-0.05, 0) is 45.0 Å².